The Labute approximate surface area is 157 Å². The molecule has 3 rings (SSSR count). The van der Waals surface area contributed by atoms with E-state index < -0.39 is 0 Å². The van der Waals surface area contributed by atoms with E-state index in [1.807, 2.05) is 0 Å². The summed E-state index contributed by atoms with van der Waals surface area (Å²) in [6, 6.07) is 1.67. The summed E-state index contributed by atoms with van der Waals surface area (Å²) >= 11 is 6.23. The average molecular weight is 376 g/mol. The van der Waals surface area contributed by atoms with Crippen LogP contribution in [0.25, 0.3) is 11.3 Å². The molecular formula is C18H22ClN5O2. The number of ether oxygens (including phenoxy) is 1. The SMILES string of the molecule is CC1(C)CC(CNc2cncc(-c3cc(NC=O)ncc3Cl)n2)CCO1. The van der Waals surface area contributed by atoms with Gasteiger partial charge in [-0.1, -0.05) is 11.6 Å². The Morgan fingerprint density at radius 3 is 2.96 bits per heavy atom. The van der Waals surface area contributed by atoms with Crippen LogP contribution < -0.4 is 10.6 Å². The number of nitrogens with zero attached hydrogens (tertiary/aromatic N) is 3. The second kappa shape index (κ2) is 7.97. The molecule has 26 heavy (non-hydrogen) atoms. The number of anilines is 2. The second-order valence-corrected chi connectivity index (χ2v) is 7.36. The summed E-state index contributed by atoms with van der Waals surface area (Å²) in [5, 5.41) is 6.31. The van der Waals surface area contributed by atoms with Crippen LogP contribution in [-0.2, 0) is 9.53 Å². The molecule has 1 unspecified atom stereocenters. The molecule has 0 aromatic carbocycles. The van der Waals surface area contributed by atoms with Crippen molar-refractivity contribution in [3.05, 3.63) is 29.7 Å². The Hall–Kier alpha value is -2.25. The van der Waals surface area contributed by atoms with Gasteiger partial charge in [-0.2, -0.15) is 0 Å². The zero-order chi connectivity index (χ0) is 18.6. The highest BCUT2D eigenvalue weighted by molar-refractivity contribution is 6.33. The summed E-state index contributed by atoms with van der Waals surface area (Å²) in [7, 11) is 0. The number of hydrogen-bond donors (Lipinski definition) is 2. The topological polar surface area (TPSA) is 89.0 Å². The van der Waals surface area contributed by atoms with Gasteiger partial charge in [-0.15, -0.1) is 0 Å². The van der Waals surface area contributed by atoms with Gasteiger partial charge < -0.3 is 15.4 Å². The molecule has 0 bridgehead atoms. The molecule has 0 saturated carbocycles. The maximum atomic E-state index is 10.6. The molecule has 3 heterocycles. The van der Waals surface area contributed by atoms with E-state index in [0.29, 0.717) is 40.2 Å². The normalized spacial score (nSPS) is 19.0. The Morgan fingerprint density at radius 2 is 2.19 bits per heavy atom. The van der Waals surface area contributed by atoms with Crippen molar-refractivity contribution in [3.8, 4) is 11.3 Å². The molecule has 138 valence electrons. The standard InChI is InChI=1S/C18H22ClN5O2/c1-18(2)6-12(3-4-26-18)7-21-17-10-20-9-15(24-17)13-5-16(23-11-25)22-8-14(13)19/h5,8-12H,3-4,6-7H2,1-2H3,(H,21,24)(H,22,23,25). The summed E-state index contributed by atoms with van der Waals surface area (Å²) in [5.74, 6) is 1.62. The first-order valence-corrected chi connectivity index (χ1v) is 8.90. The molecule has 1 aliphatic rings. The van der Waals surface area contributed by atoms with Gasteiger partial charge in [0.05, 0.1) is 28.7 Å². The summed E-state index contributed by atoms with van der Waals surface area (Å²) in [6.45, 7) is 5.84. The minimum atomic E-state index is -0.0787. The molecule has 8 heteroatoms. The van der Waals surface area contributed by atoms with Gasteiger partial charge in [0.15, 0.2) is 0 Å². The third kappa shape index (κ3) is 4.68. The van der Waals surface area contributed by atoms with Crippen molar-refractivity contribution < 1.29 is 9.53 Å². The number of halogens is 1. The molecule has 0 spiro atoms. The number of rotatable bonds is 6. The lowest BCUT2D eigenvalue weighted by atomic mass is 9.88. The van der Waals surface area contributed by atoms with E-state index in [-0.39, 0.29) is 5.60 Å². The lowest BCUT2D eigenvalue weighted by Crippen LogP contribution is -2.36. The molecule has 2 aromatic heterocycles. The summed E-state index contributed by atoms with van der Waals surface area (Å²) in [5.41, 5.74) is 1.20. The van der Waals surface area contributed by atoms with Gasteiger partial charge in [0, 0.05) is 24.9 Å². The van der Waals surface area contributed by atoms with Crippen molar-refractivity contribution in [2.45, 2.75) is 32.3 Å². The summed E-state index contributed by atoms with van der Waals surface area (Å²) in [6.07, 6.45) is 7.40. The van der Waals surface area contributed by atoms with Crippen LogP contribution in [0, 0.1) is 5.92 Å². The molecule has 0 radical (unpaired) electrons. The van der Waals surface area contributed by atoms with Crippen molar-refractivity contribution in [2.75, 3.05) is 23.8 Å². The van der Waals surface area contributed by atoms with Crippen molar-refractivity contribution >= 4 is 29.6 Å². The summed E-state index contributed by atoms with van der Waals surface area (Å²) in [4.78, 5) is 23.5. The minimum absolute atomic E-state index is 0.0787. The first kappa shape index (κ1) is 18.5. The van der Waals surface area contributed by atoms with E-state index >= 15 is 0 Å². The van der Waals surface area contributed by atoms with Gasteiger partial charge in [0.1, 0.15) is 11.6 Å². The zero-order valence-electron chi connectivity index (χ0n) is 14.8. The zero-order valence-corrected chi connectivity index (χ0v) is 15.6. The molecule has 7 nitrogen and oxygen atoms in total. The number of aromatic nitrogens is 3. The van der Waals surface area contributed by atoms with Gasteiger partial charge >= 0.3 is 0 Å². The van der Waals surface area contributed by atoms with Gasteiger partial charge in [-0.25, -0.2) is 9.97 Å². The largest absolute Gasteiger partial charge is 0.376 e. The molecular weight excluding hydrogens is 354 g/mol. The molecule has 1 aliphatic heterocycles. The highest BCUT2D eigenvalue weighted by Gasteiger charge is 2.28. The smallest absolute Gasteiger partial charge is 0.212 e. The van der Waals surface area contributed by atoms with E-state index in [4.69, 9.17) is 16.3 Å². The van der Waals surface area contributed by atoms with Crippen LogP contribution in [0.5, 0.6) is 0 Å². The Morgan fingerprint density at radius 1 is 1.35 bits per heavy atom. The molecule has 1 atom stereocenters. The van der Waals surface area contributed by atoms with Crippen LogP contribution in [0.1, 0.15) is 26.7 Å². The lowest BCUT2D eigenvalue weighted by molar-refractivity contribution is -0.105. The highest BCUT2D eigenvalue weighted by Crippen LogP contribution is 2.30. The molecule has 2 aromatic rings. The average Bonchev–Trinajstić information content (AvgIpc) is 2.61. The van der Waals surface area contributed by atoms with Crippen LogP contribution in [-0.4, -0.2) is 40.1 Å². The number of carbonyl (C=O) groups is 1. The van der Waals surface area contributed by atoms with E-state index in [1.54, 1.807) is 18.5 Å². The number of carbonyl (C=O) groups excluding carboxylic acids is 1. The molecule has 1 amide bonds. The minimum Gasteiger partial charge on any atom is -0.376 e. The van der Waals surface area contributed by atoms with Crippen molar-refractivity contribution in [1.29, 1.82) is 0 Å². The fourth-order valence-corrected chi connectivity index (χ4v) is 3.34. The maximum Gasteiger partial charge on any atom is 0.212 e. The van der Waals surface area contributed by atoms with E-state index in [9.17, 15) is 4.79 Å². The van der Waals surface area contributed by atoms with Gasteiger partial charge in [-0.3, -0.25) is 9.78 Å². The first-order chi connectivity index (χ1) is 12.5. The third-order valence-corrected chi connectivity index (χ3v) is 4.64. The van der Waals surface area contributed by atoms with Crippen molar-refractivity contribution in [1.82, 2.24) is 15.0 Å². The van der Waals surface area contributed by atoms with Crippen LogP contribution in [0.2, 0.25) is 5.02 Å². The quantitative estimate of drug-likeness (QED) is 0.752. The van der Waals surface area contributed by atoms with Crippen LogP contribution >= 0.6 is 11.6 Å². The number of amides is 1. The Bertz CT molecular complexity index is 784. The number of nitrogens with one attached hydrogen (secondary N) is 2. The molecule has 1 saturated heterocycles. The monoisotopic (exact) mass is 375 g/mol. The highest BCUT2D eigenvalue weighted by atomic mass is 35.5. The predicted molar refractivity (Wildman–Crippen MR) is 101 cm³/mol. The van der Waals surface area contributed by atoms with E-state index in [0.717, 1.165) is 26.0 Å². The lowest BCUT2D eigenvalue weighted by Gasteiger charge is -2.35. The van der Waals surface area contributed by atoms with Crippen molar-refractivity contribution in [3.63, 3.8) is 0 Å². The first-order valence-electron chi connectivity index (χ1n) is 8.53. The maximum absolute atomic E-state index is 10.6. The fraction of sp³-hybridized carbons (Fsp3) is 0.444. The Balaban J connectivity index is 1.72. The van der Waals surface area contributed by atoms with Crippen molar-refractivity contribution in [2.24, 2.45) is 5.92 Å². The molecule has 1 fully saturated rings. The van der Waals surface area contributed by atoms with Crippen LogP contribution in [0.3, 0.4) is 0 Å². The molecule has 0 aliphatic carbocycles. The van der Waals surface area contributed by atoms with E-state index in [2.05, 4.69) is 39.4 Å². The predicted octanol–water partition coefficient (Wildman–Crippen LogP) is 3.38. The van der Waals surface area contributed by atoms with Gasteiger partial charge in [0.25, 0.3) is 0 Å². The van der Waals surface area contributed by atoms with Crippen LogP contribution in [0.4, 0.5) is 11.6 Å². The van der Waals surface area contributed by atoms with Crippen LogP contribution in [0.15, 0.2) is 24.7 Å². The summed E-state index contributed by atoms with van der Waals surface area (Å²) < 4.78 is 5.76. The molecule has 2 N–H and O–H groups in total. The number of pyridine rings is 1. The number of hydrogen-bond acceptors (Lipinski definition) is 6. The third-order valence-electron chi connectivity index (χ3n) is 4.34. The second-order valence-electron chi connectivity index (χ2n) is 6.95. The Kier molecular flexibility index (Phi) is 5.68. The van der Waals surface area contributed by atoms with E-state index in [1.165, 1.54) is 6.20 Å². The fourth-order valence-electron chi connectivity index (χ4n) is 3.14. The van der Waals surface area contributed by atoms with Gasteiger partial charge in [-0.05, 0) is 38.7 Å². The van der Waals surface area contributed by atoms with Gasteiger partial charge in [0.2, 0.25) is 6.41 Å².